The predicted octanol–water partition coefficient (Wildman–Crippen LogP) is 2.11. The summed E-state index contributed by atoms with van der Waals surface area (Å²) in [6, 6.07) is 2.11. The molecule has 0 bridgehead atoms. The first-order chi connectivity index (χ1) is 8.27. The van der Waals surface area contributed by atoms with Gasteiger partial charge in [-0.3, -0.25) is 4.98 Å². The second-order valence-electron chi connectivity index (χ2n) is 4.17. The van der Waals surface area contributed by atoms with Crippen LogP contribution in [0, 0.1) is 0 Å². The lowest BCUT2D eigenvalue weighted by Crippen LogP contribution is -2.18. The molecule has 0 spiro atoms. The number of nitrogens with zero attached hydrogens (tertiary/aromatic N) is 2. The van der Waals surface area contributed by atoms with Gasteiger partial charge in [-0.25, -0.2) is 0 Å². The van der Waals surface area contributed by atoms with Crippen LogP contribution in [-0.4, -0.2) is 36.8 Å². The van der Waals surface area contributed by atoms with Gasteiger partial charge >= 0.3 is 0 Å². The number of aliphatic hydroxyl groups is 1. The molecule has 0 saturated heterocycles. The maximum absolute atomic E-state index is 8.71. The molecule has 1 aromatic rings. The van der Waals surface area contributed by atoms with Crippen LogP contribution < -0.4 is 10.2 Å². The lowest BCUT2D eigenvalue weighted by molar-refractivity contribution is 0.283. The Morgan fingerprint density at radius 3 is 2.82 bits per heavy atom. The van der Waals surface area contributed by atoms with Gasteiger partial charge < -0.3 is 15.3 Å². The monoisotopic (exact) mass is 237 g/mol. The number of aliphatic hydroxyl groups excluding tert-OH is 1. The van der Waals surface area contributed by atoms with Crippen molar-refractivity contribution in [2.45, 2.75) is 26.2 Å². The second-order valence-corrected chi connectivity index (χ2v) is 4.17. The van der Waals surface area contributed by atoms with Crippen molar-refractivity contribution in [2.75, 3.05) is 37.0 Å². The molecule has 0 aliphatic rings. The molecule has 96 valence electrons. The molecule has 4 nitrogen and oxygen atoms in total. The van der Waals surface area contributed by atoms with E-state index in [0.29, 0.717) is 6.61 Å². The average molecular weight is 237 g/mol. The topological polar surface area (TPSA) is 48.4 Å². The van der Waals surface area contributed by atoms with Crippen molar-refractivity contribution in [1.82, 2.24) is 4.98 Å². The summed E-state index contributed by atoms with van der Waals surface area (Å²) in [5.74, 6) is 0. The molecule has 1 heterocycles. The number of nitrogens with one attached hydrogen (secondary N) is 1. The van der Waals surface area contributed by atoms with E-state index in [1.54, 1.807) is 0 Å². The largest absolute Gasteiger partial charge is 0.396 e. The van der Waals surface area contributed by atoms with E-state index < -0.39 is 0 Å². The molecule has 1 rings (SSSR count). The summed E-state index contributed by atoms with van der Waals surface area (Å²) >= 11 is 0. The van der Waals surface area contributed by atoms with E-state index in [0.717, 1.165) is 43.7 Å². The highest BCUT2D eigenvalue weighted by molar-refractivity contribution is 5.55. The van der Waals surface area contributed by atoms with Crippen LogP contribution in [0.5, 0.6) is 0 Å². The molecule has 2 N–H and O–H groups in total. The van der Waals surface area contributed by atoms with E-state index in [2.05, 4.69) is 35.2 Å². The number of rotatable bonds is 8. The van der Waals surface area contributed by atoms with Gasteiger partial charge in [-0.1, -0.05) is 0 Å². The van der Waals surface area contributed by atoms with Gasteiger partial charge in [0.05, 0.1) is 23.8 Å². The molecular formula is C13H23N3O. The van der Waals surface area contributed by atoms with E-state index >= 15 is 0 Å². The lowest BCUT2D eigenvalue weighted by atomic mass is 10.2. The smallest absolute Gasteiger partial charge is 0.0570 e. The summed E-state index contributed by atoms with van der Waals surface area (Å²) in [4.78, 5) is 6.42. The molecule has 0 radical (unpaired) electrons. The Balaban J connectivity index is 2.44. The summed E-state index contributed by atoms with van der Waals surface area (Å²) < 4.78 is 0. The second kappa shape index (κ2) is 7.90. The van der Waals surface area contributed by atoms with E-state index in [1.165, 1.54) is 0 Å². The number of pyridine rings is 1. The van der Waals surface area contributed by atoms with Crippen molar-refractivity contribution in [1.29, 1.82) is 0 Å². The van der Waals surface area contributed by atoms with Crippen LogP contribution in [0.2, 0.25) is 0 Å². The Morgan fingerprint density at radius 1 is 1.29 bits per heavy atom. The zero-order chi connectivity index (χ0) is 12.5. The molecule has 4 heteroatoms. The van der Waals surface area contributed by atoms with Crippen LogP contribution in [0.1, 0.15) is 26.2 Å². The van der Waals surface area contributed by atoms with Gasteiger partial charge in [0.1, 0.15) is 0 Å². The Hall–Kier alpha value is -1.29. The van der Waals surface area contributed by atoms with Crippen LogP contribution in [0.4, 0.5) is 11.4 Å². The number of hydrogen-bond acceptors (Lipinski definition) is 4. The molecule has 0 aliphatic heterocycles. The van der Waals surface area contributed by atoms with Crippen LogP contribution >= 0.6 is 0 Å². The summed E-state index contributed by atoms with van der Waals surface area (Å²) in [6.45, 7) is 4.27. The van der Waals surface area contributed by atoms with Gasteiger partial charge in [0.2, 0.25) is 0 Å². The quantitative estimate of drug-likeness (QED) is 0.680. The molecule has 0 amide bonds. The number of unbranched alkanes of at least 4 members (excludes halogenated alkanes) is 2. The van der Waals surface area contributed by atoms with Crippen molar-refractivity contribution in [2.24, 2.45) is 0 Å². The normalized spacial score (nSPS) is 10.3. The Kier molecular flexibility index (Phi) is 6.40. The van der Waals surface area contributed by atoms with Gasteiger partial charge in [0, 0.05) is 26.7 Å². The first-order valence-corrected chi connectivity index (χ1v) is 6.29. The van der Waals surface area contributed by atoms with E-state index in [-0.39, 0.29) is 0 Å². The first kappa shape index (κ1) is 13.8. The summed E-state index contributed by atoms with van der Waals surface area (Å²) in [6.07, 6.45) is 6.78. The van der Waals surface area contributed by atoms with Crippen LogP contribution in [0.15, 0.2) is 18.5 Å². The molecule has 0 atom stereocenters. The minimum absolute atomic E-state index is 0.293. The molecule has 0 unspecified atom stereocenters. The zero-order valence-corrected chi connectivity index (χ0v) is 10.8. The molecule has 1 aromatic heterocycles. The molecule has 0 fully saturated rings. The van der Waals surface area contributed by atoms with Gasteiger partial charge in [0.25, 0.3) is 0 Å². The van der Waals surface area contributed by atoms with Crippen LogP contribution in [0.25, 0.3) is 0 Å². The minimum Gasteiger partial charge on any atom is -0.396 e. The molecule has 17 heavy (non-hydrogen) atoms. The van der Waals surface area contributed by atoms with Crippen molar-refractivity contribution >= 4 is 11.4 Å². The SMILES string of the molecule is CCNc1cncc(N(C)CCCCCO)c1. The van der Waals surface area contributed by atoms with Gasteiger partial charge in [0.15, 0.2) is 0 Å². The first-order valence-electron chi connectivity index (χ1n) is 6.29. The summed E-state index contributed by atoms with van der Waals surface area (Å²) in [5.41, 5.74) is 2.19. The highest BCUT2D eigenvalue weighted by Gasteiger charge is 2.02. The average Bonchev–Trinajstić information content (AvgIpc) is 2.35. The standard InChI is InChI=1S/C13H23N3O/c1-3-15-12-9-13(11-14-10-12)16(2)7-5-4-6-8-17/h9-11,15,17H,3-8H2,1-2H3. The van der Waals surface area contributed by atoms with E-state index in [9.17, 15) is 0 Å². The van der Waals surface area contributed by atoms with Crippen molar-refractivity contribution in [3.63, 3.8) is 0 Å². The Morgan fingerprint density at radius 2 is 2.12 bits per heavy atom. The Labute approximate surface area is 104 Å². The van der Waals surface area contributed by atoms with Crippen molar-refractivity contribution < 1.29 is 5.11 Å². The third-order valence-corrected chi connectivity index (χ3v) is 2.70. The minimum atomic E-state index is 0.293. The maximum Gasteiger partial charge on any atom is 0.0570 e. The molecule has 0 aromatic carbocycles. The predicted molar refractivity (Wildman–Crippen MR) is 72.6 cm³/mol. The highest BCUT2D eigenvalue weighted by atomic mass is 16.2. The van der Waals surface area contributed by atoms with Crippen LogP contribution in [0.3, 0.4) is 0 Å². The Bertz CT molecular complexity index is 317. The van der Waals surface area contributed by atoms with Gasteiger partial charge in [-0.05, 0) is 32.3 Å². The fourth-order valence-electron chi connectivity index (χ4n) is 1.70. The highest BCUT2D eigenvalue weighted by Crippen LogP contribution is 2.16. The third-order valence-electron chi connectivity index (χ3n) is 2.70. The maximum atomic E-state index is 8.71. The molecule has 0 saturated carbocycles. The third kappa shape index (κ3) is 5.04. The number of hydrogen-bond donors (Lipinski definition) is 2. The fourth-order valence-corrected chi connectivity index (χ4v) is 1.70. The summed E-state index contributed by atoms with van der Waals surface area (Å²) in [5, 5.41) is 12.0. The number of anilines is 2. The van der Waals surface area contributed by atoms with E-state index in [4.69, 9.17) is 5.11 Å². The van der Waals surface area contributed by atoms with Crippen LogP contribution in [-0.2, 0) is 0 Å². The summed E-state index contributed by atoms with van der Waals surface area (Å²) in [7, 11) is 2.08. The molecular weight excluding hydrogens is 214 g/mol. The van der Waals surface area contributed by atoms with Crippen molar-refractivity contribution in [3.05, 3.63) is 18.5 Å². The fraction of sp³-hybridized carbons (Fsp3) is 0.615. The van der Waals surface area contributed by atoms with Gasteiger partial charge in [-0.15, -0.1) is 0 Å². The van der Waals surface area contributed by atoms with Gasteiger partial charge in [-0.2, -0.15) is 0 Å². The number of aromatic nitrogens is 1. The zero-order valence-electron chi connectivity index (χ0n) is 10.8. The lowest BCUT2D eigenvalue weighted by Gasteiger charge is -2.19. The molecule has 0 aliphatic carbocycles. The van der Waals surface area contributed by atoms with Crippen molar-refractivity contribution in [3.8, 4) is 0 Å². The van der Waals surface area contributed by atoms with E-state index in [1.807, 2.05) is 12.4 Å².